The minimum absolute atomic E-state index is 0.0684. The van der Waals surface area contributed by atoms with Gasteiger partial charge in [0.25, 0.3) is 0 Å². The van der Waals surface area contributed by atoms with Crippen LogP contribution in [0.15, 0.2) is 12.3 Å². The molecule has 0 aliphatic rings. The lowest BCUT2D eigenvalue weighted by Gasteiger charge is -1.91. The van der Waals surface area contributed by atoms with Gasteiger partial charge in [-0.1, -0.05) is 11.8 Å². The third-order valence-electron chi connectivity index (χ3n) is 1.21. The number of hydrogen-bond donors (Lipinski definition) is 0. The first-order chi connectivity index (χ1) is 6.24. The van der Waals surface area contributed by atoms with Crippen molar-refractivity contribution in [3.8, 4) is 11.8 Å². The first-order valence-electron chi connectivity index (χ1n) is 3.47. The Kier molecular flexibility index (Phi) is 3.09. The average molecular weight is 181 g/mol. The number of carbonyl (C=O) groups excluding carboxylic acids is 1. The van der Waals surface area contributed by atoms with Gasteiger partial charge in [-0.15, -0.1) is 0 Å². The molecule has 0 bridgehead atoms. The highest BCUT2D eigenvalue weighted by molar-refractivity contribution is 5.54. The van der Waals surface area contributed by atoms with Gasteiger partial charge in [0, 0.05) is 11.8 Å². The van der Waals surface area contributed by atoms with E-state index in [9.17, 15) is 13.6 Å². The quantitative estimate of drug-likeness (QED) is 0.371. The van der Waals surface area contributed by atoms with Crippen LogP contribution in [0, 0.1) is 23.6 Å². The van der Waals surface area contributed by atoms with Crippen molar-refractivity contribution in [3.05, 3.63) is 29.6 Å². The normalized spacial score (nSPS) is 8.77. The molecule has 0 N–H and O–H groups in total. The third kappa shape index (κ3) is 2.64. The molecule has 4 heteroatoms. The van der Waals surface area contributed by atoms with Crippen molar-refractivity contribution < 1.29 is 13.6 Å². The zero-order chi connectivity index (χ0) is 9.68. The summed E-state index contributed by atoms with van der Waals surface area (Å²) in [5.74, 6) is 2.72. The molecule has 66 valence electrons. The second-order valence-corrected chi connectivity index (χ2v) is 2.17. The largest absolute Gasteiger partial charge is 0.302 e. The molecule has 0 atom stereocenters. The van der Waals surface area contributed by atoms with E-state index in [1.807, 2.05) is 0 Å². The maximum Gasteiger partial charge on any atom is 0.248 e. The van der Waals surface area contributed by atoms with Crippen LogP contribution in [0.3, 0.4) is 0 Å². The van der Waals surface area contributed by atoms with Gasteiger partial charge in [0.1, 0.15) is 6.29 Å². The van der Waals surface area contributed by atoms with Crippen molar-refractivity contribution in [1.82, 2.24) is 4.98 Å². The minimum atomic E-state index is -1.15. The fourth-order valence-electron chi connectivity index (χ4n) is 0.684. The van der Waals surface area contributed by atoms with E-state index in [1.54, 1.807) is 0 Å². The van der Waals surface area contributed by atoms with E-state index in [1.165, 1.54) is 0 Å². The summed E-state index contributed by atoms with van der Waals surface area (Å²) in [5.41, 5.74) is 0.251. The molecule has 0 saturated heterocycles. The molecule has 1 aromatic heterocycles. The van der Waals surface area contributed by atoms with E-state index in [0.717, 1.165) is 12.3 Å². The summed E-state index contributed by atoms with van der Waals surface area (Å²) >= 11 is 0. The van der Waals surface area contributed by atoms with Crippen molar-refractivity contribution in [3.63, 3.8) is 0 Å². The molecule has 0 fully saturated rings. The van der Waals surface area contributed by atoms with Gasteiger partial charge in [-0.05, 0) is 6.07 Å². The maximum absolute atomic E-state index is 12.5. The van der Waals surface area contributed by atoms with Crippen LogP contribution < -0.4 is 0 Å². The minimum Gasteiger partial charge on any atom is -0.302 e. The Morgan fingerprint density at radius 2 is 2.31 bits per heavy atom. The topological polar surface area (TPSA) is 30.0 Å². The zero-order valence-electron chi connectivity index (χ0n) is 6.55. The van der Waals surface area contributed by atoms with Gasteiger partial charge >= 0.3 is 0 Å². The van der Waals surface area contributed by atoms with Crippen molar-refractivity contribution in [2.45, 2.75) is 6.42 Å². The molecule has 13 heavy (non-hydrogen) atoms. The standard InChI is InChI=1S/C9H5F2NO/c10-8-5-7(3-1-2-4-13)6-12-9(8)11/h4-6H,2H2. The smallest absolute Gasteiger partial charge is 0.248 e. The van der Waals surface area contributed by atoms with E-state index in [2.05, 4.69) is 16.8 Å². The SMILES string of the molecule is O=CCC#Cc1cnc(F)c(F)c1. The Morgan fingerprint density at radius 1 is 1.54 bits per heavy atom. The molecule has 0 aliphatic heterocycles. The van der Waals surface area contributed by atoms with Crippen molar-refractivity contribution >= 4 is 6.29 Å². The first-order valence-corrected chi connectivity index (χ1v) is 3.47. The van der Waals surface area contributed by atoms with Crippen LogP contribution in [0.2, 0.25) is 0 Å². The molecular weight excluding hydrogens is 176 g/mol. The van der Waals surface area contributed by atoms with E-state index in [-0.39, 0.29) is 12.0 Å². The van der Waals surface area contributed by atoms with Gasteiger partial charge in [0.15, 0.2) is 5.82 Å². The summed E-state index contributed by atoms with van der Waals surface area (Å²) in [4.78, 5) is 13.0. The summed E-state index contributed by atoms with van der Waals surface area (Å²) in [6, 6.07) is 0.931. The number of aldehydes is 1. The van der Waals surface area contributed by atoms with Crippen LogP contribution in [0.5, 0.6) is 0 Å². The second kappa shape index (κ2) is 4.31. The number of aromatic nitrogens is 1. The van der Waals surface area contributed by atoms with Crippen LogP contribution in [-0.4, -0.2) is 11.3 Å². The molecule has 1 heterocycles. The summed E-state index contributed by atoms with van der Waals surface area (Å²) in [5, 5.41) is 0. The number of carbonyl (C=O) groups is 1. The van der Waals surface area contributed by atoms with Gasteiger partial charge in [-0.25, -0.2) is 9.37 Å². The monoisotopic (exact) mass is 181 g/mol. The van der Waals surface area contributed by atoms with E-state index >= 15 is 0 Å². The highest BCUT2D eigenvalue weighted by Gasteiger charge is 2.01. The van der Waals surface area contributed by atoms with Crippen LogP contribution in [0.25, 0.3) is 0 Å². The summed E-state index contributed by atoms with van der Waals surface area (Å²) in [6.07, 6.45) is 1.80. The Morgan fingerprint density at radius 3 is 2.92 bits per heavy atom. The Labute approximate surface area is 73.6 Å². The maximum atomic E-state index is 12.5. The Hall–Kier alpha value is -1.76. The van der Waals surface area contributed by atoms with Crippen LogP contribution in [0.1, 0.15) is 12.0 Å². The summed E-state index contributed by atoms with van der Waals surface area (Å²) in [7, 11) is 0. The third-order valence-corrected chi connectivity index (χ3v) is 1.21. The van der Waals surface area contributed by atoms with Crippen molar-refractivity contribution in [2.24, 2.45) is 0 Å². The fraction of sp³-hybridized carbons (Fsp3) is 0.111. The molecule has 0 amide bonds. The van der Waals surface area contributed by atoms with Crippen molar-refractivity contribution in [2.75, 3.05) is 0 Å². The number of nitrogens with zero attached hydrogens (tertiary/aromatic N) is 1. The Bertz CT molecular complexity index is 379. The number of pyridine rings is 1. The Balaban J connectivity index is 2.87. The lowest BCUT2D eigenvalue weighted by molar-refractivity contribution is -0.107. The molecule has 0 aliphatic carbocycles. The van der Waals surface area contributed by atoms with Crippen LogP contribution >= 0.6 is 0 Å². The molecule has 0 aromatic carbocycles. The zero-order valence-corrected chi connectivity index (χ0v) is 6.55. The van der Waals surface area contributed by atoms with Gasteiger partial charge in [-0.3, -0.25) is 0 Å². The van der Waals surface area contributed by atoms with E-state index < -0.39 is 11.8 Å². The molecular formula is C9H5F2NO. The molecule has 0 spiro atoms. The summed E-state index contributed by atoms with van der Waals surface area (Å²) in [6.45, 7) is 0. The highest BCUT2D eigenvalue weighted by atomic mass is 19.2. The van der Waals surface area contributed by atoms with Gasteiger partial charge in [-0.2, -0.15) is 4.39 Å². The fourth-order valence-corrected chi connectivity index (χ4v) is 0.684. The van der Waals surface area contributed by atoms with E-state index in [0.29, 0.717) is 6.29 Å². The molecule has 0 radical (unpaired) electrons. The average Bonchev–Trinajstić information content (AvgIpc) is 2.12. The second-order valence-electron chi connectivity index (χ2n) is 2.17. The van der Waals surface area contributed by atoms with Gasteiger partial charge in [0.05, 0.1) is 6.42 Å². The predicted molar refractivity (Wildman–Crippen MR) is 41.7 cm³/mol. The number of halogens is 2. The summed E-state index contributed by atoms with van der Waals surface area (Å²) < 4.78 is 24.8. The van der Waals surface area contributed by atoms with E-state index in [4.69, 9.17) is 0 Å². The number of rotatable bonds is 1. The first kappa shape index (κ1) is 9.33. The molecule has 1 aromatic rings. The molecule has 2 nitrogen and oxygen atoms in total. The van der Waals surface area contributed by atoms with Gasteiger partial charge < -0.3 is 4.79 Å². The van der Waals surface area contributed by atoms with Crippen LogP contribution in [-0.2, 0) is 4.79 Å². The molecule has 1 rings (SSSR count). The lowest BCUT2D eigenvalue weighted by Crippen LogP contribution is -1.89. The lowest BCUT2D eigenvalue weighted by atomic mass is 10.3. The molecule has 0 unspecified atom stereocenters. The van der Waals surface area contributed by atoms with Gasteiger partial charge in [0.2, 0.25) is 5.95 Å². The highest BCUT2D eigenvalue weighted by Crippen LogP contribution is 2.03. The molecule has 0 saturated carbocycles. The van der Waals surface area contributed by atoms with Crippen LogP contribution in [0.4, 0.5) is 8.78 Å². The number of hydrogen-bond acceptors (Lipinski definition) is 2. The predicted octanol–water partition coefficient (Wildman–Crippen LogP) is 1.30. The van der Waals surface area contributed by atoms with Crippen molar-refractivity contribution in [1.29, 1.82) is 0 Å².